The summed E-state index contributed by atoms with van der Waals surface area (Å²) in [6.07, 6.45) is 4.14. The van der Waals surface area contributed by atoms with Crippen LogP contribution in [0.15, 0.2) is 12.7 Å². The first-order valence-corrected chi connectivity index (χ1v) is 4.83. The molecule has 0 aromatic heterocycles. The molecule has 0 aromatic carbocycles. The Kier molecular flexibility index (Phi) is 1.60. The summed E-state index contributed by atoms with van der Waals surface area (Å²) in [4.78, 5) is 0. The molecule has 1 saturated carbocycles. The lowest BCUT2D eigenvalue weighted by Gasteiger charge is -2.07. The SMILES string of the molecule is C=CC1(OS(C)(=O)=O)CC1. The van der Waals surface area contributed by atoms with Crippen molar-refractivity contribution in [3.8, 4) is 0 Å². The molecule has 1 aliphatic rings. The fraction of sp³-hybridized carbons (Fsp3) is 0.667. The Morgan fingerprint density at radius 2 is 2.10 bits per heavy atom. The number of hydrogen-bond donors (Lipinski definition) is 0. The largest absolute Gasteiger partial charge is 0.265 e. The summed E-state index contributed by atoms with van der Waals surface area (Å²) in [6, 6.07) is 0. The van der Waals surface area contributed by atoms with Gasteiger partial charge in [-0.25, -0.2) is 0 Å². The summed E-state index contributed by atoms with van der Waals surface area (Å²) < 4.78 is 25.9. The van der Waals surface area contributed by atoms with Crippen LogP contribution in [0.4, 0.5) is 0 Å². The maximum absolute atomic E-state index is 10.6. The first-order valence-electron chi connectivity index (χ1n) is 3.02. The Balaban J connectivity index is 2.62. The van der Waals surface area contributed by atoms with Gasteiger partial charge < -0.3 is 0 Å². The fourth-order valence-electron chi connectivity index (χ4n) is 0.746. The topological polar surface area (TPSA) is 43.4 Å². The Labute approximate surface area is 60.8 Å². The van der Waals surface area contributed by atoms with E-state index in [2.05, 4.69) is 6.58 Å². The number of rotatable bonds is 3. The quantitative estimate of drug-likeness (QED) is 0.453. The summed E-state index contributed by atoms with van der Waals surface area (Å²) >= 11 is 0. The summed E-state index contributed by atoms with van der Waals surface area (Å²) in [5.41, 5.74) is -0.548. The Bertz CT molecular complexity index is 236. The second-order valence-electron chi connectivity index (χ2n) is 2.56. The molecule has 0 atom stereocenters. The Morgan fingerprint density at radius 1 is 1.60 bits per heavy atom. The lowest BCUT2D eigenvalue weighted by Crippen LogP contribution is -2.15. The minimum absolute atomic E-state index is 0.548. The standard InChI is InChI=1S/C6H10O3S/c1-3-6(4-5-6)9-10(2,7)8/h3H,1,4-5H2,2H3. The monoisotopic (exact) mass is 162 g/mol. The van der Waals surface area contributed by atoms with Gasteiger partial charge in [-0.15, -0.1) is 6.58 Å². The van der Waals surface area contributed by atoms with Gasteiger partial charge in [0.1, 0.15) is 5.60 Å². The molecule has 0 heterocycles. The summed E-state index contributed by atoms with van der Waals surface area (Å²) in [6.45, 7) is 3.49. The predicted octanol–water partition coefficient (Wildman–Crippen LogP) is 0.681. The molecular formula is C6H10O3S. The zero-order valence-corrected chi connectivity index (χ0v) is 6.65. The van der Waals surface area contributed by atoms with Crippen LogP contribution in [0.1, 0.15) is 12.8 Å². The third kappa shape index (κ3) is 1.82. The molecule has 10 heavy (non-hydrogen) atoms. The third-order valence-electron chi connectivity index (χ3n) is 1.43. The average molecular weight is 162 g/mol. The highest BCUT2D eigenvalue weighted by Gasteiger charge is 2.44. The van der Waals surface area contributed by atoms with Crippen LogP contribution in [0.3, 0.4) is 0 Å². The lowest BCUT2D eigenvalue weighted by molar-refractivity contribution is 0.240. The summed E-state index contributed by atoms with van der Waals surface area (Å²) in [7, 11) is -3.30. The van der Waals surface area contributed by atoms with Gasteiger partial charge in [-0.1, -0.05) is 6.08 Å². The van der Waals surface area contributed by atoms with Crippen LogP contribution >= 0.6 is 0 Å². The van der Waals surface area contributed by atoms with E-state index in [0.717, 1.165) is 19.1 Å². The van der Waals surface area contributed by atoms with E-state index in [9.17, 15) is 8.42 Å². The zero-order valence-electron chi connectivity index (χ0n) is 5.83. The second-order valence-corrected chi connectivity index (χ2v) is 4.13. The van der Waals surface area contributed by atoms with E-state index in [1.165, 1.54) is 0 Å². The molecule has 0 saturated heterocycles. The van der Waals surface area contributed by atoms with Crippen molar-refractivity contribution in [2.45, 2.75) is 18.4 Å². The third-order valence-corrected chi connectivity index (χ3v) is 2.07. The van der Waals surface area contributed by atoms with Crippen LogP contribution in [-0.2, 0) is 14.3 Å². The van der Waals surface area contributed by atoms with E-state index in [1.807, 2.05) is 0 Å². The normalized spacial score (nSPS) is 22.1. The maximum Gasteiger partial charge on any atom is 0.265 e. The molecule has 0 spiro atoms. The van der Waals surface area contributed by atoms with E-state index in [-0.39, 0.29) is 0 Å². The van der Waals surface area contributed by atoms with Gasteiger partial charge in [0.15, 0.2) is 0 Å². The van der Waals surface area contributed by atoms with E-state index >= 15 is 0 Å². The minimum Gasteiger partial charge on any atom is -0.259 e. The molecule has 0 amide bonds. The first kappa shape index (κ1) is 7.75. The van der Waals surface area contributed by atoms with Crippen LogP contribution in [0.5, 0.6) is 0 Å². The van der Waals surface area contributed by atoms with Crippen LogP contribution in [0.2, 0.25) is 0 Å². The van der Waals surface area contributed by atoms with Crippen LogP contribution in [0, 0.1) is 0 Å². The van der Waals surface area contributed by atoms with Crippen molar-refractivity contribution in [1.82, 2.24) is 0 Å². The summed E-state index contributed by atoms with van der Waals surface area (Å²) in [5, 5.41) is 0. The average Bonchev–Trinajstić information content (AvgIpc) is 2.45. The van der Waals surface area contributed by atoms with Gasteiger partial charge in [-0.05, 0) is 12.8 Å². The van der Waals surface area contributed by atoms with Gasteiger partial charge in [0.2, 0.25) is 0 Å². The van der Waals surface area contributed by atoms with E-state index in [0.29, 0.717) is 0 Å². The fourth-order valence-corrected chi connectivity index (χ4v) is 1.58. The predicted molar refractivity (Wildman–Crippen MR) is 38.1 cm³/mol. The van der Waals surface area contributed by atoms with Gasteiger partial charge in [0.05, 0.1) is 6.26 Å². The van der Waals surface area contributed by atoms with Crippen molar-refractivity contribution in [3.63, 3.8) is 0 Å². The lowest BCUT2D eigenvalue weighted by atomic mass is 10.3. The Morgan fingerprint density at radius 3 is 2.20 bits per heavy atom. The van der Waals surface area contributed by atoms with Crippen molar-refractivity contribution in [2.75, 3.05) is 6.26 Å². The van der Waals surface area contributed by atoms with Crippen molar-refractivity contribution in [1.29, 1.82) is 0 Å². The van der Waals surface area contributed by atoms with Crippen LogP contribution in [0.25, 0.3) is 0 Å². The van der Waals surface area contributed by atoms with Crippen molar-refractivity contribution in [2.24, 2.45) is 0 Å². The second kappa shape index (κ2) is 2.07. The molecular weight excluding hydrogens is 152 g/mol. The highest BCUT2D eigenvalue weighted by Crippen LogP contribution is 2.41. The molecule has 0 aromatic rings. The molecule has 0 aliphatic heterocycles. The summed E-state index contributed by atoms with van der Waals surface area (Å²) in [5.74, 6) is 0. The molecule has 1 fully saturated rings. The smallest absolute Gasteiger partial charge is 0.259 e. The van der Waals surface area contributed by atoms with Crippen LogP contribution < -0.4 is 0 Å². The molecule has 0 bridgehead atoms. The Hall–Kier alpha value is -0.350. The van der Waals surface area contributed by atoms with Gasteiger partial charge >= 0.3 is 0 Å². The zero-order chi connectivity index (χ0) is 7.83. The van der Waals surface area contributed by atoms with Crippen LogP contribution in [-0.4, -0.2) is 20.3 Å². The molecule has 4 heteroatoms. The first-order chi connectivity index (χ1) is 4.47. The van der Waals surface area contributed by atoms with Gasteiger partial charge in [-0.3, -0.25) is 4.18 Å². The van der Waals surface area contributed by atoms with E-state index in [1.54, 1.807) is 6.08 Å². The van der Waals surface area contributed by atoms with Gasteiger partial charge in [0, 0.05) is 0 Å². The van der Waals surface area contributed by atoms with Crippen molar-refractivity contribution >= 4 is 10.1 Å². The molecule has 3 nitrogen and oxygen atoms in total. The molecule has 1 aliphatic carbocycles. The van der Waals surface area contributed by atoms with Gasteiger partial charge in [0.25, 0.3) is 10.1 Å². The molecule has 0 unspecified atom stereocenters. The van der Waals surface area contributed by atoms with Crippen molar-refractivity contribution < 1.29 is 12.6 Å². The molecule has 0 N–H and O–H groups in total. The molecule has 1 rings (SSSR count). The number of hydrogen-bond acceptors (Lipinski definition) is 3. The highest BCUT2D eigenvalue weighted by molar-refractivity contribution is 7.86. The van der Waals surface area contributed by atoms with E-state index < -0.39 is 15.7 Å². The van der Waals surface area contributed by atoms with Gasteiger partial charge in [-0.2, -0.15) is 8.42 Å². The maximum atomic E-state index is 10.6. The van der Waals surface area contributed by atoms with E-state index in [4.69, 9.17) is 4.18 Å². The molecule has 0 radical (unpaired) electrons. The minimum atomic E-state index is -3.30. The molecule has 58 valence electrons. The highest BCUT2D eigenvalue weighted by atomic mass is 32.2. The van der Waals surface area contributed by atoms with Crippen molar-refractivity contribution in [3.05, 3.63) is 12.7 Å².